The largest absolute Gasteiger partial charge is 0.496 e. The van der Waals surface area contributed by atoms with Crippen LogP contribution in [0.15, 0.2) is 46.0 Å². The summed E-state index contributed by atoms with van der Waals surface area (Å²) < 4.78 is 12.4. The van der Waals surface area contributed by atoms with E-state index in [0.717, 1.165) is 28.6 Å². The molecule has 6 heteroatoms. The lowest BCUT2D eigenvalue weighted by Crippen LogP contribution is -2.21. The van der Waals surface area contributed by atoms with E-state index < -0.39 is 0 Å². The van der Waals surface area contributed by atoms with Crippen LogP contribution in [0.5, 0.6) is 11.5 Å². The zero-order valence-corrected chi connectivity index (χ0v) is 23.2. The molecule has 186 valence electrons. The molecule has 0 saturated heterocycles. The molecular weight excluding hydrogens is 492 g/mol. The van der Waals surface area contributed by atoms with Crippen LogP contribution in [0.2, 0.25) is 0 Å². The van der Waals surface area contributed by atoms with E-state index in [1.807, 2.05) is 18.2 Å². The lowest BCUT2D eigenvalue weighted by Gasteiger charge is -2.30. The van der Waals surface area contributed by atoms with Gasteiger partial charge in [0.2, 0.25) is 5.91 Å². The Morgan fingerprint density at radius 2 is 1.71 bits per heavy atom. The minimum absolute atomic E-state index is 0.00867. The second-order valence-corrected chi connectivity index (χ2v) is 10.7. The van der Waals surface area contributed by atoms with Crippen LogP contribution in [0.1, 0.15) is 83.9 Å². The van der Waals surface area contributed by atoms with Gasteiger partial charge in [-0.25, -0.2) is 5.43 Å². The van der Waals surface area contributed by atoms with Gasteiger partial charge in [0.05, 0.1) is 19.9 Å². The number of amides is 1. The third kappa shape index (κ3) is 7.59. The number of nitrogens with one attached hydrogen (secondary N) is 1. The number of halogens is 1. The predicted octanol–water partition coefficient (Wildman–Crippen LogP) is 7.14. The maximum atomic E-state index is 12.2. The lowest BCUT2D eigenvalue weighted by molar-refractivity contribution is -0.121. The summed E-state index contributed by atoms with van der Waals surface area (Å²) in [5, 5.41) is 4.06. The van der Waals surface area contributed by atoms with Crippen molar-refractivity contribution in [2.24, 2.45) is 5.10 Å². The number of benzene rings is 2. The number of hydrazone groups is 1. The van der Waals surface area contributed by atoms with Crippen molar-refractivity contribution in [3.63, 3.8) is 0 Å². The predicted molar refractivity (Wildman–Crippen MR) is 144 cm³/mol. The Kier molecular flexibility index (Phi) is 10.2. The molecule has 0 fully saturated rings. The molecule has 0 heterocycles. The first-order valence-electron chi connectivity index (χ1n) is 12.0. The summed E-state index contributed by atoms with van der Waals surface area (Å²) in [6.07, 6.45) is 4.61. The number of carbonyl (C=O) groups is 1. The highest BCUT2D eigenvalue weighted by Crippen LogP contribution is 2.38. The van der Waals surface area contributed by atoms with Crippen LogP contribution >= 0.6 is 15.9 Å². The Balaban J connectivity index is 1.95. The van der Waals surface area contributed by atoms with Crippen molar-refractivity contribution in [3.05, 3.63) is 57.6 Å². The van der Waals surface area contributed by atoms with E-state index in [0.29, 0.717) is 25.2 Å². The second kappa shape index (κ2) is 12.4. The fourth-order valence-electron chi connectivity index (χ4n) is 3.45. The first kappa shape index (κ1) is 27.9. The van der Waals surface area contributed by atoms with Crippen LogP contribution < -0.4 is 14.9 Å². The molecule has 0 aliphatic rings. The number of nitrogens with zero attached hydrogens (tertiary/aromatic N) is 1. The fraction of sp³-hybridized carbons (Fsp3) is 0.500. The van der Waals surface area contributed by atoms with E-state index in [9.17, 15) is 4.79 Å². The Bertz CT molecular complexity index is 999. The normalized spacial score (nSPS) is 12.1. The maximum Gasteiger partial charge on any atom is 0.240 e. The molecule has 5 nitrogen and oxygen atoms in total. The number of rotatable bonds is 12. The molecule has 0 unspecified atom stereocenters. The van der Waals surface area contributed by atoms with Crippen LogP contribution in [-0.2, 0) is 15.6 Å². The van der Waals surface area contributed by atoms with Crippen molar-refractivity contribution in [2.45, 2.75) is 78.1 Å². The van der Waals surface area contributed by atoms with E-state index in [1.165, 1.54) is 11.1 Å². The van der Waals surface area contributed by atoms with Gasteiger partial charge in [0.1, 0.15) is 11.5 Å². The van der Waals surface area contributed by atoms with Gasteiger partial charge < -0.3 is 9.47 Å². The molecule has 0 radical (unpaired) electrons. The summed E-state index contributed by atoms with van der Waals surface area (Å²) in [4.78, 5) is 12.2. The zero-order valence-electron chi connectivity index (χ0n) is 21.6. The summed E-state index contributed by atoms with van der Waals surface area (Å²) >= 11 is 3.43. The van der Waals surface area contributed by atoms with Crippen molar-refractivity contribution >= 4 is 28.1 Å². The molecule has 34 heavy (non-hydrogen) atoms. The molecule has 2 aromatic rings. The van der Waals surface area contributed by atoms with Crippen molar-refractivity contribution in [1.29, 1.82) is 0 Å². The molecule has 1 amide bonds. The van der Waals surface area contributed by atoms with Gasteiger partial charge in [0, 0.05) is 22.0 Å². The number of methoxy groups -OCH3 is 1. The maximum absolute atomic E-state index is 12.2. The monoisotopic (exact) mass is 530 g/mol. The third-order valence-corrected chi connectivity index (χ3v) is 7.14. The summed E-state index contributed by atoms with van der Waals surface area (Å²) in [6, 6.07) is 12.2. The molecule has 0 aliphatic heterocycles. The topological polar surface area (TPSA) is 59.9 Å². The number of hydrogen-bond acceptors (Lipinski definition) is 4. The quantitative estimate of drug-likeness (QED) is 0.180. The summed E-state index contributed by atoms with van der Waals surface area (Å²) in [6.45, 7) is 14.0. The molecule has 0 spiro atoms. The second-order valence-electron chi connectivity index (χ2n) is 9.82. The van der Waals surface area contributed by atoms with Gasteiger partial charge in [-0.15, -0.1) is 0 Å². The van der Waals surface area contributed by atoms with E-state index >= 15 is 0 Å². The molecule has 0 saturated carbocycles. The van der Waals surface area contributed by atoms with Crippen LogP contribution in [0.3, 0.4) is 0 Å². The van der Waals surface area contributed by atoms with Crippen molar-refractivity contribution in [3.8, 4) is 11.5 Å². The molecule has 1 N–H and O–H groups in total. The molecule has 0 bridgehead atoms. The highest BCUT2D eigenvalue weighted by atomic mass is 79.9. The summed E-state index contributed by atoms with van der Waals surface area (Å²) in [5.41, 5.74) is 6.05. The average molecular weight is 532 g/mol. The van der Waals surface area contributed by atoms with Gasteiger partial charge >= 0.3 is 0 Å². The summed E-state index contributed by atoms with van der Waals surface area (Å²) in [7, 11) is 1.60. The molecule has 2 rings (SSSR count). The Morgan fingerprint density at radius 1 is 1.03 bits per heavy atom. The first-order valence-corrected chi connectivity index (χ1v) is 12.8. The number of carbonyl (C=O) groups excluding carboxylic acids is 1. The number of ether oxygens (including phenoxy) is 2. The van der Waals surface area contributed by atoms with Crippen LogP contribution in [0.4, 0.5) is 0 Å². The molecule has 2 aromatic carbocycles. The SMILES string of the molecule is CCC(C)(C)c1ccc(OCCCC(=O)NN=Cc2cc(Br)ccc2OC)c(C(C)(C)CC)c1. The third-order valence-electron chi connectivity index (χ3n) is 6.65. The van der Waals surface area contributed by atoms with E-state index in [2.05, 4.69) is 86.2 Å². The highest BCUT2D eigenvalue weighted by Gasteiger charge is 2.26. The van der Waals surface area contributed by atoms with Crippen LogP contribution in [0.25, 0.3) is 0 Å². The van der Waals surface area contributed by atoms with Crippen molar-refractivity contribution in [1.82, 2.24) is 5.43 Å². The van der Waals surface area contributed by atoms with Gasteiger partial charge in [-0.2, -0.15) is 5.10 Å². The minimum atomic E-state index is -0.150. The fourth-order valence-corrected chi connectivity index (χ4v) is 3.83. The van der Waals surface area contributed by atoms with E-state index in [-0.39, 0.29) is 16.7 Å². The molecule has 0 aromatic heterocycles. The van der Waals surface area contributed by atoms with Crippen LogP contribution in [-0.4, -0.2) is 25.8 Å². The standard InChI is InChI=1S/C28H39BrN2O3/c1-8-27(3,4)21-12-14-25(23(18-21)28(5,6)9-2)34-16-10-11-26(32)31-30-19-20-17-22(29)13-15-24(20)33-7/h12-15,17-19H,8-11,16H2,1-7H3,(H,31,32). The molecule has 0 atom stereocenters. The Hall–Kier alpha value is -2.34. The molecule has 0 aliphatic carbocycles. The van der Waals surface area contributed by atoms with Crippen molar-refractivity contribution < 1.29 is 14.3 Å². The van der Waals surface area contributed by atoms with Gasteiger partial charge in [-0.1, -0.05) is 69.6 Å². The lowest BCUT2D eigenvalue weighted by atomic mass is 9.76. The smallest absolute Gasteiger partial charge is 0.240 e. The van der Waals surface area contributed by atoms with Gasteiger partial charge in [0.25, 0.3) is 0 Å². The Morgan fingerprint density at radius 3 is 2.35 bits per heavy atom. The van der Waals surface area contributed by atoms with E-state index in [1.54, 1.807) is 13.3 Å². The Labute approximate surface area is 213 Å². The number of hydrogen-bond donors (Lipinski definition) is 1. The van der Waals surface area contributed by atoms with E-state index in [4.69, 9.17) is 9.47 Å². The average Bonchev–Trinajstić information content (AvgIpc) is 2.82. The van der Waals surface area contributed by atoms with Crippen LogP contribution in [0, 0.1) is 0 Å². The minimum Gasteiger partial charge on any atom is -0.496 e. The highest BCUT2D eigenvalue weighted by molar-refractivity contribution is 9.10. The van der Waals surface area contributed by atoms with Gasteiger partial charge in [-0.3, -0.25) is 4.79 Å². The zero-order chi connectivity index (χ0) is 25.4. The van der Waals surface area contributed by atoms with Gasteiger partial charge in [0.15, 0.2) is 0 Å². The van der Waals surface area contributed by atoms with Gasteiger partial charge in [-0.05, 0) is 59.9 Å². The molecular formula is C28H39BrN2O3. The summed E-state index contributed by atoms with van der Waals surface area (Å²) in [5.74, 6) is 1.44. The van der Waals surface area contributed by atoms with Crippen molar-refractivity contribution in [2.75, 3.05) is 13.7 Å². The first-order chi connectivity index (χ1) is 16.0.